The first-order chi connectivity index (χ1) is 13.0. The minimum Gasteiger partial charge on any atom is -0.381 e. The van der Waals surface area contributed by atoms with Crippen LogP contribution in [-0.2, 0) is 0 Å². The van der Waals surface area contributed by atoms with E-state index in [4.69, 9.17) is 27.3 Å². The standard InChI is InChI=1S/C20H18ClN5S/c1-11(2)27-20-19(22)24-17(12-6-4-3-5-7-12)18(25-20)13-8-14-10-23-26-16(14)15(21)9-13/h3-11H,1-2H3,(H2,22,24)(H,23,26). The Morgan fingerprint density at radius 1 is 1.04 bits per heavy atom. The van der Waals surface area contributed by atoms with Gasteiger partial charge in [-0.3, -0.25) is 5.10 Å². The van der Waals surface area contributed by atoms with Crippen molar-refractivity contribution in [3.8, 4) is 22.5 Å². The average Bonchev–Trinajstić information content (AvgIpc) is 3.13. The van der Waals surface area contributed by atoms with Crippen molar-refractivity contribution in [1.29, 1.82) is 0 Å². The summed E-state index contributed by atoms with van der Waals surface area (Å²) in [4.78, 5) is 9.58. The highest BCUT2D eigenvalue weighted by Crippen LogP contribution is 2.37. The molecule has 0 spiro atoms. The predicted molar refractivity (Wildman–Crippen MR) is 113 cm³/mol. The van der Waals surface area contributed by atoms with Gasteiger partial charge in [0.25, 0.3) is 0 Å². The fourth-order valence-electron chi connectivity index (χ4n) is 2.89. The molecular formula is C20H18ClN5S. The number of nitrogens with zero attached hydrogens (tertiary/aromatic N) is 3. The van der Waals surface area contributed by atoms with Gasteiger partial charge in [0, 0.05) is 21.8 Å². The molecule has 136 valence electrons. The summed E-state index contributed by atoms with van der Waals surface area (Å²) in [6.07, 6.45) is 1.75. The van der Waals surface area contributed by atoms with Crippen molar-refractivity contribution in [2.24, 2.45) is 0 Å². The Hall–Kier alpha value is -2.57. The van der Waals surface area contributed by atoms with Crippen LogP contribution in [0.5, 0.6) is 0 Å². The second-order valence-electron chi connectivity index (χ2n) is 6.44. The molecule has 5 nitrogen and oxygen atoms in total. The molecule has 0 unspecified atom stereocenters. The number of halogens is 1. The topological polar surface area (TPSA) is 80.5 Å². The highest BCUT2D eigenvalue weighted by Gasteiger charge is 2.18. The molecule has 0 aliphatic heterocycles. The Balaban J connectivity index is 1.97. The van der Waals surface area contributed by atoms with E-state index in [0.29, 0.717) is 16.1 Å². The summed E-state index contributed by atoms with van der Waals surface area (Å²) in [5.74, 6) is 0.437. The molecule has 0 saturated carbocycles. The maximum atomic E-state index is 6.46. The first-order valence-corrected chi connectivity index (χ1v) is 9.81. The molecule has 0 saturated heterocycles. The van der Waals surface area contributed by atoms with Crippen LogP contribution >= 0.6 is 23.4 Å². The number of nitrogens with two attached hydrogens (primary N) is 1. The highest BCUT2D eigenvalue weighted by atomic mass is 35.5. The number of nitrogen functional groups attached to an aromatic ring is 1. The highest BCUT2D eigenvalue weighted by molar-refractivity contribution is 7.99. The molecule has 0 radical (unpaired) electrons. The third-order valence-corrected chi connectivity index (χ3v) is 5.35. The van der Waals surface area contributed by atoms with E-state index < -0.39 is 0 Å². The molecule has 0 aliphatic carbocycles. The van der Waals surface area contributed by atoms with E-state index in [1.54, 1.807) is 18.0 Å². The van der Waals surface area contributed by atoms with Crippen LogP contribution in [-0.4, -0.2) is 25.4 Å². The maximum absolute atomic E-state index is 6.46. The quantitative estimate of drug-likeness (QED) is 0.451. The lowest BCUT2D eigenvalue weighted by molar-refractivity contribution is 1.05. The Kier molecular flexibility index (Phi) is 4.76. The summed E-state index contributed by atoms with van der Waals surface area (Å²) < 4.78 is 0. The van der Waals surface area contributed by atoms with E-state index >= 15 is 0 Å². The number of nitrogens with one attached hydrogen (secondary N) is 1. The number of anilines is 1. The average molecular weight is 396 g/mol. The lowest BCUT2D eigenvalue weighted by atomic mass is 10.0. The van der Waals surface area contributed by atoms with Crippen LogP contribution in [0.4, 0.5) is 5.82 Å². The molecule has 27 heavy (non-hydrogen) atoms. The number of hydrogen-bond donors (Lipinski definition) is 2. The summed E-state index contributed by atoms with van der Waals surface area (Å²) in [6.45, 7) is 4.20. The number of fused-ring (bicyclic) bond motifs is 1. The van der Waals surface area contributed by atoms with Crippen LogP contribution < -0.4 is 5.73 Å². The van der Waals surface area contributed by atoms with Gasteiger partial charge in [0.15, 0.2) is 5.82 Å². The summed E-state index contributed by atoms with van der Waals surface area (Å²) in [5, 5.41) is 9.58. The van der Waals surface area contributed by atoms with Crippen LogP contribution in [0, 0.1) is 0 Å². The van der Waals surface area contributed by atoms with Crippen molar-refractivity contribution < 1.29 is 0 Å². The fourth-order valence-corrected chi connectivity index (χ4v) is 3.92. The van der Waals surface area contributed by atoms with Crippen molar-refractivity contribution >= 4 is 40.1 Å². The second kappa shape index (κ2) is 7.21. The van der Waals surface area contributed by atoms with E-state index in [1.807, 2.05) is 42.5 Å². The number of aromatic nitrogens is 4. The van der Waals surface area contributed by atoms with Gasteiger partial charge in [0.2, 0.25) is 0 Å². The molecule has 0 atom stereocenters. The molecule has 4 aromatic rings. The van der Waals surface area contributed by atoms with Crippen LogP contribution in [0.25, 0.3) is 33.4 Å². The maximum Gasteiger partial charge on any atom is 0.156 e. The van der Waals surface area contributed by atoms with Gasteiger partial charge in [0.05, 0.1) is 28.1 Å². The molecule has 0 aliphatic rings. The summed E-state index contributed by atoms with van der Waals surface area (Å²) in [5.41, 5.74) is 10.4. The number of H-pyrrole nitrogens is 1. The minimum atomic E-state index is 0.344. The van der Waals surface area contributed by atoms with Crippen LogP contribution in [0.2, 0.25) is 5.02 Å². The third kappa shape index (κ3) is 3.50. The number of benzene rings is 2. The van der Waals surface area contributed by atoms with E-state index in [9.17, 15) is 0 Å². The van der Waals surface area contributed by atoms with E-state index in [-0.39, 0.29) is 0 Å². The van der Waals surface area contributed by atoms with Crippen molar-refractivity contribution in [2.45, 2.75) is 24.1 Å². The molecule has 2 heterocycles. The molecule has 3 N–H and O–H groups in total. The first-order valence-electron chi connectivity index (χ1n) is 8.55. The SMILES string of the molecule is CC(C)Sc1nc(-c2cc(Cl)c3[nH]ncc3c2)c(-c2ccccc2)nc1N. The van der Waals surface area contributed by atoms with E-state index in [2.05, 4.69) is 24.0 Å². The second-order valence-corrected chi connectivity index (χ2v) is 8.41. The van der Waals surface area contributed by atoms with Gasteiger partial charge < -0.3 is 5.73 Å². The molecule has 0 bridgehead atoms. The molecule has 7 heteroatoms. The molecule has 2 aromatic carbocycles. The monoisotopic (exact) mass is 395 g/mol. The Morgan fingerprint density at radius 3 is 2.52 bits per heavy atom. The number of rotatable bonds is 4. The molecular weight excluding hydrogens is 378 g/mol. The zero-order valence-corrected chi connectivity index (χ0v) is 16.5. The Bertz CT molecular complexity index is 1110. The largest absolute Gasteiger partial charge is 0.381 e. The van der Waals surface area contributed by atoms with Gasteiger partial charge >= 0.3 is 0 Å². The van der Waals surface area contributed by atoms with E-state index in [1.165, 1.54) is 0 Å². The Labute approximate surface area is 166 Å². The molecule has 2 aromatic heterocycles. The van der Waals surface area contributed by atoms with Gasteiger partial charge in [0.1, 0.15) is 5.03 Å². The number of aromatic amines is 1. The predicted octanol–water partition coefficient (Wildman–Crippen LogP) is 5.42. The third-order valence-electron chi connectivity index (χ3n) is 4.06. The summed E-state index contributed by atoms with van der Waals surface area (Å²) in [7, 11) is 0. The summed E-state index contributed by atoms with van der Waals surface area (Å²) >= 11 is 8.06. The zero-order valence-electron chi connectivity index (χ0n) is 14.9. The normalized spacial score (nSPS) is 11.4. The number of hydrogen-bond acceptors (Lipinski definition) is 5. The van der Waals surface area contributed by atoms with Gasteiger partial charge in [-0.1, -0.05) is 67.5 Å². The minimum absolute atomic E-state index is 0.344. The zero-order chi connectivity index (χ0) is 19.0. The fraction of sp³-hybridized carbons (Fsp3) is 0.150. The number of thioether (sulfide) groups is 1. The Morgan fingerprint density at radius 2 is 1.78 bits per heavy atom. The molecule has 0 fully saturated rings. The van der Waals surface area contributed by atoms with Crippen molar-refractivity contribution in [2.75, 3.05) is 5.73 Å². The van der Waals surface area contributed by atoms with Crippen LogP contribution in [0.15, 0.2) is 53.7 Å². The van der Waals surface area contributed by atoms with Crippen LogP contribution in [0.3, 0.4) is 0 Å². The lowest BCUT2D eigenvalue weighted by Gasteiger charge is -2.14. The van der Waals surface area contributed by atoms with Crippen LogP contribution in [0.1, 0.15) is 13.8 Å². The smallest absolute Gasteiger partial charge is 0.156 e. The van der Waals surface area contributed by atoms with Gasteiger partial charge in [-0.05, 0) is 12.1 Å². The first kappa shape index (κ1) is 17.8. The lowest BCUT2D eigenvalue weighted by Crippen LogP contribution is -2.03. The van der Waals surface area contributed by atoms with E-state index in [0.717, 1.165) is 38.4 Å². The molecule has 4 rings (SSSR count). The van der Waals surface area contributed by atoms with Crippen molar-refractivity contribution in [1.82, 2.24) is 20.2 Å². The van der Waals surface area contributed by atoms with Crippen molar-refractivity contribution in [3.05, 3.63) is 53.7 Å². The van der Waals surface area contributed by atoms with Gasteiger partial charge in [-0.25, -0.2) is 9.97 Å². The summed E-state index contributed by atoms with van der Waals surface area (Å²) in [6, 6.07) is 13.8. The molecule has 0 amide bonds. The van der Waals surface area contributed by atoms with Crippen molar-refractivity contribution in [3.63, 3.8) is 0 Å². The van der Waals surface area contributed by atoms with Gasteiger partial charge in [-0.15, -0.1) is 0 Å². The van der Waals surface area contributed by atoms with Gasteiger partial charge in [-0.2, -0.15) is 5.10 Å².